The van der Waals surface area contributed by atoms with Gasteiger partial charge >= 0.3 is 28.1 Å². The van der Waals surface area contributed by atoms with Gasteiger partial charge in [-0.1, -0.05) is 19.6 Å². The normalized spacial score (nSPS) is 18.8. The van der Waals surface area contributed by atoms with Crippen molar-refractivity contribution in [3.63, 3.8) is 0 Å². The highest BCUT2D eigenvalue weighted by molar-refractivity contribution is 7.89. The average Bonchev–Trinajstić information content (AvgIpc) is 2.10. The van der Waals surface area contributed by atoms with Gasteiger partial charge in [-0.2, -0.15) is 39.2 Å². The lowest BCUT2D eigenvalue weighted by Crippen LogP contribution is -2.72. The Balaban J connectivity index is 6.54. The van der Waals surface area contributed by atoms with Crippen LogP contribution in [0.4, 0.5) is 35.1 Å². The molecule has 0 aromatic rings. The number of rotatable bonds is 4. The van der Waals surface area contributed by atoms with Gasteiger partial charge in [-0.15, -0.1) is 0 Å². The molecule has 3 nitrogen and oxygen atoms in total. The van der Waals surface area contributed by atoms with Crippen LogP contribution in [0.1, 0.15) is 0 Å². The fourth-order valence-electron chi connectivity index (χ4n) is 1.40. The van der Waals surface area contributed by atoms with Gasteiger partial charge in [0.1, 0.15) is 8.07 Å². The molecule has 122 valence electrons. The minimum absolute atomic E-state index is 0.459. The highest BCUT2D eigenvalue weighted by atomic mass is 32.2. The van der Waals surface area contributed by atoms with Gasteiger partial charge in [-0.05, 0) is 0 Å². The van der Waals surface area contributed by atoms with Crippen molar-refractivity contribution in [2.45, 2.75) is 42.3 Å². The van der Waals surface area contributed by atoms with Crippen LogP contribution in [-0.4, -0.2) is 43.7 Å². The van der Waals surface area contributed by atoms with Gasteiger partial charge in [0.25, 0.3) is 4.62 Å². The molecule has 0 aliphatic rings. The van der Waals surface area contributed by atoms with Gasteiger partial charge < -0.3 is 0 Å². The molecular weight excluding hydrogens is 344 g/mol. The van der Waals surface area contributed by atoms with Crippen molar-refractivity contribution < 1.29 is 48.1 Å². The van der Waals surface area contributed by atoms with E-state index in [-0.39, 0.29) is 0 Å². The Morgan fingerprint density at radius 1 is 0.800 bits per heavy atom. The molecule has 0 radical (unpaired) electrons. The van der Waals surface area contributed by atoms with Crippen LogP contribution in [0, 0.1) is 0 Å². The Hall–Kier alpha value is -0.433. The van der Waals surface area contributed by atoms with E-state index in [1.54, 1.807) is 0 Å². The summed E-state index contributed by atoms with van der Waals surface area (Å²) < 4.78 is 127. The summed E-state index contributed by atoms with van der Waals surface area (Å²) in [5.74, 6) is -13.7. The van der Waals surface area contributed by atoms with E-state index in [9.17, 15) is 43.5 Å². The van der Waals surface area contributed by atoms with E-state index < -0.39 is 40.8 Å². The highest BCUT2D eigenvalue weighted by Crippen LogP contribution is 2.56. The molecule has 0 bridgehead atoms. The third-order valence-electron chi connectivity index (χ3n) is 2.47. The zero-order valence-corrected chi connectivity index (χ0v) is 12.0. The third-order valence-corrected chi connectivity index (χ3v) is 8.30. The molecule has 13 heteroatoms. The Bertz CT molecular complexity index is 479. The van der Waals surface area contributed by atoms with Crippen LogP contribution < -0.4 is 0 Å². The van der Waals surface area contributed by atoms with Gasteiger partial charge in [-0.25, -0.2) is 4.39 Å². The van der Waals surface area contributed by atoms with Crippen LogP contribution >= 0.6 is 0 Å². The van der Waals surface area contributed by atoms with E-state index in [1.807, 2.05) is 0 Å². The summed E-state index contributed by atoms with van der Waals surface area (Å²) in [5.41, 5.74) is 0. The fraction of sp³-hybridized carbons (Fsp3) is 1.00. The number of halogens is 8. The minimum Gasteiger partial charge on any atom is -0.283 e. The van der Waals surface area contributed by atoms with Gasteiger partial charge in [0.15, 0.2) is 0 Å². The van der Waals surface area contributed by atoms with Crippen LogP contribution in [0.3, 0.4) is 0 Å². The molecule has 1 atom stereocenters. The molecule has 0 aliphatic heterocycles. The van der Waals surface area contributed by atoms with Crippen molar-refractivity contribution in [1.82, 2.24) is 0 Å². The minimum atomic E-state index is -6.98. The molecule has 1 unspecified atom stereocenters. The van der Waals surface area contributed by atoms with E-state index in [1.165, 1.54) is 0 Å². The molecule has 0 aliphatic carbocycles. The van der Waals surface area contributed by atoms with Gasteiger partial charge in [0.05, 0.1) is 0 Å². The lowest BCUT2D eigenvalue weighted by Gasteiger charge is -2.42. The van der Waals surface area contributed by atoms with Crippen LogP contribution in [0.5, 0.6) is 0 Å². The summed E-state index contributed by atoms with van der Waals surface area (Å²) >= 11 is 0. The van der Waals surface area contributed by atoms with Crippen LogP contribution in [0.25, 0.3) is 0 Å². The fourth-order valence-corrected chi connectivity index (χ4v) is 6.05. The molecule has 0 amide bonds. The molecule has 20 heavy (non-hydrogen) atoms. The predicted molar refractivity (Wildman–Crippen MR) is 54.7 cm³/mol. The first-order valence-corrected chi connectivity index (χ1v) is 9.67. The van der Waals surface area contributed by atoms with Gasteiger partial charge in [0.2, 0.25) is 0 Å². The second-order valence-corrected chi connectivity index (χ2v) is 12.0. The first-order chi connectivity index (χ1) is 8.25. The first kappa shape index (κ1) is 19.6. The molecule has 0 heterocycles. The monoisotopic (exact) mass is 354 g/mol. The van der Waals surface area contributed by atoms with Gasteiger partial charge in [0, 0.05) is 0 Å². The zero-order valence-electron chi connectivity index (χ0n) is 10.2. The molecule has 0 rings (SSSR count). The molecule has 0 saturated heterocycles. The Kier molecular flexibility index (Phi) is 4.43. The summed E-state index contributed by atoms with van der Waals surface area (Å²) in [6.45, 7) is 1.38. The van der Waals surface area contributed by atoms with E-state index >= 15 is 0 Å². The van der Waals surface area contributed by atoms with Crippen LogP contribution in [0.2, 0.25) is 19.6 Å². The van der Waals surface area contributed by atoms with Crippen molar-refractivity contribution in [2.75, 3.05) is 0 Å². The first-order valence-electron chi connectivity index (χ1n) is 4.73. The average molecular weight is 354 g/mol. The maximum atomic E-state index is 14.1. The zero-order chi connectivity index (χ0) is 17.0. The quantitative estimate of drug-likeness (QED) is 0.479. The maximum Gasteiger partial charge on any atom is 0.460 e. The standard InChI is InChI=1S/C7H10F8O3SSi/c1-20(2,3)7(15,19(16,17)18)5(10,11)4(8,9)6(12,13)14/h1-3H3,(H,16,17,18). The molecule has 1 N–H and O–H groups in total. The summed E-state index contributed by atoms with van der Waals surface area (Å²) in [6.07, 6.45) is -6.90. The lowest BCUT2D eigenvalue weighted by molar-refractivity contribution is -0.364. The van der Waals surface area contributed by atoms with Gasteiger partial charge in [-0.3, -0.25) is 4.55 Å². The Labute approximate surface area is 109 Å². The van der Waals surface area contributed by atoms with E-state index in [2.05, 4.69) is 0 Å². The molecule has 0 fully saturated rings. The molecule has 0 aromatic carbocycles. The summed E-state index contributed by atoms with van der Waals surface area (Å²) in [4.78, 5) is 0. The summed E-state index contributed by atoms with van der Waals surface area (Å²) in [6, 6.07) is 0. The third kappa shape index (κ3) is 2.43. The highest BCUT2D eigenvalue weighted by Gasteiger charge is 2.86. The van der Waals surface area contributed by atoms with Crippen molar-refractivity contribution >= 4 is 18.2 Å². The number of hydrogen-bond donors (Lipinski definition) is 1. The largest absolute Gasteiger partial charge is 0.460 e. The van der Waals surface area contributed by atoms with E-state index in [0.717, 1.165) is 0 Å². The van der Waals surface area contributed by atoms with Crippen molar-refractivity contribution in [3.8, 4) is 0 Å². The SMILES string of the molecule is C[Si](C)(C)C(F)(C(F)(F)C(F)(F)C(F)(F)F)S(=O)(=O)O. The summed E-state index contributed by atoms with van der Waals surface area (Å²) in [5, 5.41) is 0. The smallest absolute Gasteiger partial charge is 0.283 e. The van der Waals surface area contributed by atoms with Crippen molar-refractivity contribution in [3.05, 3.63) is 0 Å². The van der Waals surface area contributed by atoms with Crippen molar-refractivity contribution in [1.29, 1.82) is 0 Å². The van der Waals surface area contributed by atoms with E-state index in [4.69, 9.17) is 4.55 Å². The Morgan fingerprint density at radius 2 is 1.10 bits per heavy atom. The second kappa shape index (κ2) is 4.53. The molecular formula is C7H10F8O3SSi. The predicted octanol–water partition coefficient (Wildman–Crippen LogP) is 3.25. The molecule has 0 aromatic heterocycles. The molecule has 0 spiro atoms. The van der Waals surface area contributed by atoms with E-state index in [0.29, 0.717) is 19.6 Å². The van der Waals surface area contributed by atoms with Crippen LogP contribution in [-0.2, 0) is 10.1 Å². The molecule has 0 saturated carbocycles. The Morgan fingerprint density at radius 3 is 1.25 bits per heavy atom. The lowest BCUT2D eigenvalue weighted by atomic mass is 10.2. The number of hydrogen-bond acceptors (Lipinski definition) is 2. The second-order valence-electron chi connectivity index (χ2n) is 4.97. The topological polar surface area (TPSA) is 54.4 Å². The maximum absolute atomic E-state index is 14.1. The van der Waals surface area contributed by atoms with Crippen LogP contribution in [0.15, 0.2) is 0 Å². The van der Waals surface area contributed by atoms with Crippen molar-refractivity contribution in [2.24, 2.45) is 0 Å². The summed E-state index contributed by atoms with van der Waals surface area (Å²) in [7, 11) is -11.2. The number of alkyl halides is 8.